The van der Waals surface area contributed by atoms with Crippen molar-refractivity contribution in [3.8, 4) is 0 Å². The van der Waals surface area contributed by atoms with E-state index < -0.39 is 7.14 Å². The molecule has 0 aromatic heterocycles. The van der Waals surface area contributed by atoms with E-state index in [1.54, 1.807) is 27.2 Å². The average Bonchev–Trinajstić information content (AvgIpc) is 1.81. The second-order valence-corrected chi connectivity index (χ2v) is 6.94. The Balaban J connectivity index is 4.17. The Labute approximate surface area is 79.5 Å². The summed E-state index contributed by atoms with van der Waals surface area (Å²) in [6, 6.07) is 0. The first kappa shape index (κ1) is 12.4. The maximum atomic E-state index is 11.4. The van der Waals surface area contributed by atoms with E-state index >= 15 is 0 Å². The third-order valence-electron chi connectivity index (χ3n) is 1.28. The summed E-state index contributed by atoms with van der Waals surface area (Å²) in [4.78, 5) is 11.0. The number of hydrogen-bond acceptors (Lipinski definition) is 3. The van der Waals surface area contributed by atoms with E-state index in [1.807, 2.05) is 0 Å². The Bertz CT molecular complexity index is 250. The van der Waals surface area contributed by atoms with E-state index in [0.717, 1.165) is 5.57 Å². The van der Waals surface area contributed by atoms with Crippen molar-refractivity contribution in [1.82, 2.24) is 0 Å². The van der Waals surface area contributed by atoms with Gasteiger partial charge in [-0.15, -0.1) is 0 Å². The van der Waals surface area contributed by atoms with Gasteiger partial charge in [-0.25, -0.2) is 4.79 Å². The lowest BCUT2D eigenvalue weighted by atomic mass is 10.3. The smallest absolute Gasteiger partial charge is 0.330 e. The Morgan fingerprint density at radius 2 is 2.00 bits per heavy atom. The summed E-state index contributed by atoms with van der Waals surface area (Å²) in [6.07, 6.45) is 1.88. The van der Waals surface area contributed by atoms with Crippen LogP contribution in [-0.2, 0) is 14.1 Å². The van der Waals surface area contributed by atoms with E-state index in [0.29, 0.717) is 12.8 Å². The van der Waals surface area contributed by atoms with Crippen molar-refractivity contribution in [1.29, 1.82) is 0 Å². The maximum Gasteiger partial charge on any atom is 0.330 e. The number of ether oxygens (including phenoxy) is 1. The van der Waals surface area contributed by atoms with Crippen LogP contribution in [0, 0.1) is 0 Å². The van der Waals surface area contributed by atoms with Gasteiger partial charge in [0.15, 0.2) is 0 Å². The third-order valence-corrected chi connectivity index (χ3v) is 2.54. The fourth-order valence-electron chi connectivity index (χ4n) is 1.03. The van der Waals surface area contributed by atoms with Crippen LogP contribution in [-0.4, -0.2) is 32.1 Å². The highest BCUT2D eigenvalue weighted by atomic mass is 31.2. The van der Waals surface area contributed by atoms with Crippen LogP contribution in [0.5, 0.6) is 0 Å². The van der Waals surface area contributed by atoms with E-state index in [4.69, 9.17) is 4.74 Å². The molecule has 0 spiro atoms. The first-order valence-corrected chi connectivity index (χ1v) is 7.01. The molecule has 0 unspecified atom stereocenters. The van der Waals surface area contributed by atoms with Crippen LogP contribution in [0.25, 0.3) is 0 Å². The fourth-order valence-corrected chi connectivity index (χ4v) is 2.32. The molecule has 0 radical (unpaired) electrons. The molecule has 0 amide bonds. The highest BCUT2D eigenvalue weighted by Crippen LogP contribution is 2.37. The van der Waals surface area contributed by atoms with Crippen molar-refractivity contribution < 1.29 is 14.1 Å². The van der Waals surface area contributed by atoms with Crippen LogP contribution in [0.4, 0.5) is 0 Å². The second-order valence-electron chi connectivity index (χ2n) is 3.47. The predicted molar refractivity (Wildman–Crippen MR) is 54.7 cm³/mol. The van der Waals surface area contributed by atoms with Crippen LogP contribution >= 0.6 is 7.14 Å². The van der Waals surface area contributed by atoms with Crippen molar-refractivity contribution >= 4 is 13.1 Å². The lowest BCUT2D eigenvalue weighted by molar-refractivity contribution is -0.137. The second kappa shape index (κ2) is 5.23. The molecule has 0 N–H and O–H groups in total. The number of carbonyl (C=O) groups excluding carboxylic acids is 1. The molecule has 0 fully saturated rings. The van der Waals surface area contributed by atoms with Crippen LogP contribution in [0.2, 0.25) is 0 Å². The molecule has 0 rings (SSSR count). The quantitative estimate of drug-likeness (QED) is 0.400. The van der Waals surface area contributed by atoms with Gasteiger partial charge in [0.05, 0.1) is 13.7 Å². The first-order chi connectivity index (χ1) is 5.85. The van der Waals surface area contributed by atoms with Crippen LogP contribution in [0.3, 0.4) is 0 Å². The zero-order valence-corrected chi connectivity index (χ0v) is 9.56. The van der Waals surface area contributed by atoms with Crippen LogP contribution in [0.1, 0.15) is 13.8 Å². The Morgan fingerprint density at radius 3 is 2.38 bits per heavy atom. The molecule has 0 aliphatic carbocycles. The molecular weight excluding hydrogens is 187 g/mol. The number of allylic oxidation sites excluding steroid dienone is 1. The summed E-state index contributed by atoms with van der Waals surface area (Å²) < 4.78 is 16.1. The summed E-state index contributed by atoms with van der Waals surface area (Å²) in [5, 5.41) is 0. The normalized spacial score (nSPS) is 12.8. The van der Waals surface area contributed by atoms with E-state index in [2.05, 4.69) is 0 Å². The van der Waals surface area contributed by atoms with Gasteiger partial charge >= 0.3 is 5.97 Å². The lowest BCUT2D eigenvalue weighted by Gasteiger charge is -2.05. The van der Waals surface area contributed by atoms with Gasteiger partial charge in [0.2, 0.25) is 0 Å². The van der Waals surface area contributed by atoms with Crippen LogP contribution < -0.4 is 0 Å². The highest BCUT2D eigenvalue weighted by Gasteiger charge is 2.08. The predicted octanol–water partition coefficient (Wildman–Crippen LogP) is 2.12. The van der Waals surface area contributed by atoms with Gasteiger partial charge < -0.3 is 9.30 Å². The number of rotatable bonds is 4. The Morgan fingerprint density at radius 1 is 1.46 bits per heavy atom. The molecule has 76 valence electrons. The maximum absolute atomic E-state index is 11.4. The van der Waals surface area contributed by atoms with Gasteiger partial charge in [0, 0.05) is 12.2 Å². The van der Waals surface area contributed by atoms with Gasteiger partial charge in [-0.1, -0.05) is 5.57 Å². The van der Waals surface area contributed by atoms with Crippen molar-refractivity contribution in [3.63, 3.8) is 0 Å². The number of esters is 1. The third kappa shape index (κ3) is 7.79. The Kier molecular flexibility index (Phi) is 5.01. The summed E-state index contributed by atoms with van der Waals surface area (Å²) in [7, 11) is -2.07. The number of hydrogen-bond donors (Lipinski definition) is 0. The minimum Gasteiger partial charge on any atom is -0.463 e. The molecule has 0 saturated carbocycles. The summed E-state index contributed by atoms with van der Waals surface area (Å²) in [5.41, 5.74) is 0.812. The molecule has 0 atom stereocenters. The van der Waals surface area contributed by atoms with Crippen molar-refractivity contribution in [2.75, 3.05) is 26.1 Å². The van der Waals surface area contributed by atoms with Gasteiger partial charge in [-0.05, 0) is 27.2 Å². The zero-order chi connectivity index (χ0) is 10.5. The zero-order valence-electron chi connectivity index (χ0n) is 8.66. The minimum atomic E-state index is -2.07. The largest absolute Gasteiger partial charge is 0.463 e. The van der Waals surface area contributed by atoms with Crippen LogP contribution in [0.15, 0.2) is 11.6 Å². The molecular formula is C9H17O3P. The SMILES string of the molecule is CCOC(=O)C=C(C)CP(C)(C)=O. The van der Waals surface area contributed by atoms with Gasteiger partial charge in [-0.3, -0.25) is 0 Å². The summed E-state index contributed by atoms with van der Waals surface area (Å²) in [6.45, 7) is 7.33. The molecule has 0 aliphatic heterocycles. The fraction of sp³-hybridized carbons (Fsp3) is 0.667. The standard InChI is InChI=1S/C9H17O3P/c1-5-12-9(10)6-8(2)7-13(3,4)11/h6H,5,7H2,1-4H3. The molecule has 0 aromatic rings. The summed E-state index contributed by atoms with van der Waals surface area (Å²) >= 11 is 0. The molecule has 0 saturated heterocycles. The topological polar surface area (TPSA) is 43.4 Å². The van der Waals surface area contributed by atoms with E-state index in [9.17, 15) is 9.36 Å². The molecule has 13 heavy (non-hydrogen) atoms. The average molecular weight is 204 g/mol. The van der Waals surface area contributed by atoms with E-state index in [-0.39, 0.29) is 5.97 Å². The number of carbonyl (C=O) groups is 1. The monoisotopic (exact) mass is 204 g/mol. The first-order valence-electron chi connectivity index (χ1n) is 4.23. The van der Waals surface area contributed by atoms with E-state index in [1.165, 1.54) is 6.08 Å². The molecule has 4 heteroatoms. The van der Waals surface area contributed by atoms with Gasteiger partial charge in [0.25, 0.3) is 0 Å². The molecule has 0 heterocycles. The molecule has 0 bridgehead atoms. The summed E-state index contributed by atoms with van der Waals surface area (Å²) in [5.74, 6) is -0.353. The van der Waals surface area contributed by atoms with Gasteiger partial charge in [-0.2, -0.15) is 0 Å². The van der Waals surface area contributed by atoms with Crippen molar-refractivity contribution in [2.24, 2.45) is 0 Å². The highest BCUT2D eigenvalue weighted by molar-refractivity contribution is 7.62. The molecule has 3 nitrogen and oxygen atoms in total. The molecule has 0 aromatic carbocycles. The van der Waals surface area contributed by atoms with Crippen molar-refractivity contribution in [3.05, 3.63) is 11.6 Å². The lowest BCUT2D eigenvalue weighted by Crippen LogP contribution is -2.01. The molecule has 0 aliphatic rings. The van der Waals surface area contributed by atoms with Crippen molar-refractivity contribution in [2.45, 2.75) is 13.8 Å². The minimum absolute atomic E-state index is 0.353. The van der Waals surface area contributed by atoms with Gasteiger partial charge in [0.1, 0.15) is 0 Å². The Hall–Kier alpha value is -0.560.